The third kappa shape index (κ3) is 6.40. The largest absolute Gasteiger partial charge is 0.310 e. The van der Waals surface area contributed by atoms with Gasteiger partial charge in [0.1, 0.15) is 0 Å². The van der Waals surface area contributed by atoms with Crippen LogP contribution in [0.15, 0.2) is 225 Å². The molecule has 5 heteroatoms. The van der Waals surface area contributed by atoms with Crippen molar-refractivity contribution >= 4 is 92.7 Å². The van der Waals surface area contributed by atoms with Crippen LogP contribution in [0.5, 0.6) is 0 Å². The summed E-state index contributed by atoms with van der Waals surface area (Å²) in [4.78, 5) is 21.2. The molecule has 0 fully saturated rings. The van der Waals surface area contributed by atoms with Crippen LogP contribution in [0.2, 0.25) is 0 Å². The average molecular weight is 828 g/mol. The molecule has 0 aliphatic rings. The van der Waals surface area contributed by atoms with Gasteiger partial charge in [-0.25, -0.2) is 9.97 Å². The van der Waals surface area contributed by atoms with E-state index in [-0.39, 0.29) is 0 Å². The van der Waals surface area contributed by atoms with Gasteiger partial charge in [-0.3, -0.25) is 9.97 Å². The molecule has 0 unspecified atom stereocenters. The van der Waals surface area contributed by atoms with Crippen LogP contribution in [0.1, 0.15) is 0 Å². The van der Waals surface area contributed by atoms with Crippen molar-refractivity contribution in [2.24, 2.45) is 0 Å². The van der Waals surface area contributed by atoms with Gasteiger partial charge in [-0.15, -0.1) is 0 Å². The van der Waals surface area contributed by atoms with Crippen molar-refractivity contribution in [3.05, 3.63) is 225 Å². The van der Waals surface area contributed by atoms with E-state index in [9.17, 15) is 0 Å². The Balaban J connectivity index is 0.882. The summed E-state index contributed by atoms with van der Waals surface area (Å²) in [7, 11) is 0. The summed E-state index contributed by atoms with van der Waals surface area (Å²) < 4.78 is 0. The minimum absolute atomic E-state index is 0.933. The number of nitrogens with zero attached hydrogens (tertiary/aromatic N) is 5. The number of benzene rings is 9. The van der Waals surface area contributed by atoms with E-state index >= 15 is 0 Å². The Morgan fingerprint density at radius 3 is 1.31 bits per heavy atom. The Hall–Kier alpha value is -8.80. The molecule has 5 nitrogen and oxygen atoms in total. The van der Waals surface area contributed by atoms with Gasteiger partial charge in [0.25, 0.3) is 0 Å². The first-order valence-electron chi connectivity index (χ1n) is 21.9. The van der Waals surface area contributed by atoms with Crippen LogP contribution in [0.25, 0.3) is 109 Å². The van der Waals surface area contributed by atoms with Crippen LogP contribution in [0, 0.1) is 0 Å². The van der Waals surface area contributed by atoms with E-state index in [0.29, 0.717) is 0 Å². The summed E-state index contributed by atoms with van der Waals surface area (Å²) in [5.41, 5.74) is 11.5. The second-order valence-corrected chi connectivity index (χ2v) is 16.7. The van der Waals surface area contributed by atoms with Gasteiger partial charge >= 0.3 is 0 Å². The fraction of sp³-hybridized carbons (Fsp3) is 0. The van der Waals surface area contributed by atoms with E-state index in [2.05, 4.69) is 215 Å². The van der Waals surface area contributed by atoms with Crippen LogP contribution in [0.4, 0.5) is 17.1 Å². The molecule has 9 aromatic carbocycles. The Labute approximate surface area is 374 Å². The second-order valence-electron chi connectivity index (χ2n) is 16.7. The molecule has 0 bridgehead atoms. The summed E-state index contributed by atoms with van der Waals surface area (Å²) in [6.07, 6.45) is 7.49. The maximum atomic E-state index is 5.11. The van der Waals surface area contributed by atoms with Crippen LogP contribution < -0.4 is 4.90 Å². The van der Waals surface area contributed by atoms with Gasteiger partial charge < -0.3 is 4.90 Å². The zero-order valence-electron chi connectivity index (χ0n) is 35.1. The smallest absolute Gasteiger partial charge is 0.0716 e. The van der Waals surface area contributed by atoms with Gasteiger partial charge in [0.2, 0.25) is 0 Å². The van der Waals surface area contributed by atoms with Gasteiger partial charge in [-0.2, -0.15) is 0 Å². The van der Waals surface area contributed by atoms with Crippen molar-refractivity contribution in [2.45, 2.75) is 0 Å². The highest BCUT2D eigenvalue weighted by atomic mass is 15.1. The number of aromatic nitrogens is 4. The quantitative estimate of drug-likeness (QED) is 0.156. The SMILES string of the molecule is c1ccc2cc(-c3ccc4c(ccc5cc(N(c6ccc(-c7ccc8c(ccc9cnccc98)n7)cc6)c6ccc(-c7ccc8c(ccc9cnccc98)n7)cc6)ccc54)c3)ccc2c1. The summed E-state index contributed by atoms with van der Waals surface area (Å²) in [6.45, 7) is 0. The van der Waals surface area contributed by atoms with Crippen molar-refractivity contribution in [2.75, 3.05) is 4.90 Å². The molecule has 0 radical (unpaired) electrons. The monoisotopic (exact) mass is 827 g/mol. The zero-order chi connectivity index (χ0) is 42.8. The fourth-order valence-electron chi connectivity index (χ4n) is 9.64. The lowest BCUT2D eigenvalue weighted by atomic mass is 9.96. The van der Waals surface area contributed by atoms with E-state index in [1.807, 2.05) is 24.8 Å². The van der Waals surface area contributed by atoms with E-state index in [1.54, 1.807) is 0 Å². The molecule has 13 rings (SSSR count). The van der Waals surface area contributed by atoms with Crippen molar-refractivity contribution in [3.63, 3.8) is 0 Å². The van der Waals surface area contributed by atoms with Gasteiger partial charge in [-0.1, -0.05) is 115 Å². The highest BCUT2D eigenvalue weighted by molar-refractivity contribution is 6.10. The molecule has 65 heavy (non-hydrogen) atoms. The maximum Gasteiger partial charge on any atom is 0.0716 e. The van der Waals surface area contributed by atoms with E-state index in [1.165, 1.54) is 43.4 Å². The number of hydrogen-bond donors (Lipinski definition) is 0. The van der Waals surface area contributed by atoms with Crippen LogP contribution in [-0.4, -0.2) is 19.9 Å². The minimum atomic E-state index is 0.933. The molecule has 13 aromatic rings. The summed E-state index contributed by atoms with van der Waals surface area (Å²) in [5, 5.41) is 14.1. The van der Waals surface area contributed by atoms with Gasteiger partial charge in [0, 0.05) is 74.5 Å². The lowest BCUT2D eigenvalue weighted by molar-refractivity contribution is 1.28. The third-order valence-corrected chi connectivity index (χ3v) is 13.0. The highest BCUT2D eigenvalue weighted by Gasteiger charge is 2.16. The zero-order valence-corrected chi connectivity index (χ0v) is 35.1. The molecule has 4 aromatic heterocycles. The number of hydrogen-bond acceptors (Lipinski definition) is 5. The first-order valence-corrected chi connectivity index (χ1v) is 21.9. The van der Waals surface area contributed by atoms with Gasteiger partial charge in [-0.05, 0) is 139 Å². The normalized spacial score (nSPS) is 11.7. The minimum Gasteiger partial charge on any atom is -0.310 e. The molecule has 4 heterocycles. The van der Waals surface area contributed by atoms with E-state index in [4.69, 9.17) is 9.97 Å². The Morgan fingerprint density at radius 2 is 0.708 bits per heavy atom. The van der Waals surface area contributed by atoms with Crippen molar-refractivity contribution in [1.29, 1.82) is 0 Å². The fourth-order valence-corrected chi connectivity index (χ4v) is 9.64. The Bertz CT molecular complexity index is 3850. The Morgan fingerprint density at radius 1 is 0.277 bits per heavy atom. The topological polar surface area (TPSA) is 54.8 Å². The summed E-state index contributed by atoms with van der Waals surface area (Å²) >= 11 is 0. The van der Waals surface area contributed by atoms with Crippen LogP contribution >= 0.6 is 0 Å². The number of anilines is 3. The molecule has 0 aliphatic carbocycles. The molecule has 0 N–H and O–H groups in total. The lowest BCUT2D eigenvalue weighted by Crippen LogP contribution is -2.10. The predicted octanol–water partition coefficient (Wildman–Crippen LogP) is 15.8. The van der Waals surface area contributed by atoms with Crippen molar-refractivity contribution in [3.8, 4) is 33.6 Å². The molecule has 0 atom stereocenters. The summed E-state index contributed by atoms with van der Waals surface area (Å²) in [6, 6.07) is 72.0. The maximum absolute atomic E-state index is 5.11. The lowest BCUT2D eigenvalue weighted by Gasteiger charge is -2.26. The molecule has 0 aliphatic heterocycles. The summed E-state index contributed by atoms with van der Waals surface area (Å²) in [5.74, 6) is 0. The van der Waals surface area contributed by atoms with Crippen molar-refractivity contribution in [1.82, 2.24) is 19.9 Å². The number of rotatable bonds is 6. The average Bonchev–Trinajstić information content (AvgIpc) is 3.38. The van der Waals surface area contributed by atoms with Gasteiger partial charge in [0.15, 0.2) is 0 Å². The molecule has 0 saturated heterocycles. The van der Waals surface area contributed by atoms with Crippen molar-refractivity contribution < 1.29 is 0 Å². The standard InChI is InChI=1S/C60H37N5/c1-2-4-41-33-42(6-5-38(41)3-1)43-13-21-51-44(34-43)7-8-45-35-50(20-22-52(45)51)65(48-16-9-39(10-17-48)57-27-23-55-53-29-31-61-36-46(53)14-25-59(55)63-57)49-18-11-40(12-19-49)58-28-24-56-54-30-32-62-37-47(54)15-26-60(56)64-58/h1-37H. The molecular formula is C60H37N5. The first kappa shape index (κ1) is 36.8. The van der Waals surface area contributed by atoms with Crippen LogP contribution in [-0.2, 0) is 0 Å². The van der Waals surface area contributed by atoms with E-state index < -0.39 is 0 Å². The Kier molecular flexibility index (Phi) is 8.46. The van der Waals surface area contributed by atoms with Crippen LogP contribution in [0.3, 0.4) is 0 Å². The third-order valence-electron chi connectivity index (χ3n) is 13.0. The molecule has 0 saturated carbocycles. The highest BCUT2D eigenvalue weighted by Crippen LogP contribution is 2.40. The second kappa shape index (κ2) is 14.9. The molecule has 0 spiro atoms. The molecule has 0 amide bonds. The number of pyridine rings is 4. The molecule has 302 valence electrons. The van der Waals surface area contributed by atoms with Gasteiger partial charge in [0.05, 0.1) is 22.4 Å². The number of fused-ring (bicyclic) bond motifs is 10. The first-order chi connectivity index (χ1) is 32.2. The predicted molar refractivity (Wildman–Crippen MR) is 271 cm³/mol. The van der Waals surface area contributed by atoms with E-state index in [0.717, 1.165) is 82.9 Å². The molecular weight excluding hydrogens is 791 g/mol.